The number of rotatable bonds is 0. The highest BCUT2D eigenvalue weighted by molar-refractivity contribution is 4.90. The third-order valence-electron chi connectivity index (χ3n) is 3.75. The summed E-state index contributed by atoms with van der Waals surface area (Å²) in [6, 6.07) is 0. The molecule has 1 spiro atoms. The maximum absolute atomic E-state index is 6.18. The molecule has 3 atom stereocenters. The van der Waals surface area contributed by atoms with Gasteiger partial charge in [-0.15, -0.1) is 0 Å². The first-order valence-corrected chi connectivity index (χ1v) is 6.09. The fourth-order valence-electron chi connectivity index (χ4n) is 2.86. The Balaban J connectivity index is 1.99. The van der Waals surface area contributed by atoms with Gasteiger partial charge in [0.25, 0.3) is 0 Å². The van der Waals surface area contributed by atoms with Crippen molar-refractivity contribution in [1.82, 2.24) is 5.32 Å². The number of morpholine rings is 1. The Labute approximate surface area is 87.4 Å². The Morgan fingerprint density at radius 1 is 1.21 bits per heavy atom. The highest BCUT2D eigenvalue weighted by atomic mass is 16.5. The summed E-state index contributed by atoms with van der Waals surface area (Å²) >= 11 is 0. The quantitative estimate of drug-likeness (QED) is 0.643. The van der Waals surface area contributed by atoms with Crippen molar-refractivity contribution in [3.63, 3.8) is 0 Å². The zero-order chi connectivity index (χ0) is 10.0. The summed E-state index contributed by atoms with van der Waals surface area (Å²) in [7, 11) is 0. The lowest BCUT2D eigenvalue weighted by Gasteiger charge is -2.40. The van der Waals surface area contributed by atoms with Gasteiger partial charge in [0.05, 0.1) is 11.7 Å². The third kappa shape index (κ3) is 2.29. The Hall–Kier alpha value is -0.0800. The third-order valence-corrected chi connectivity index (χ3v) is 3.75. The normalized spacial score (nSPS) is 45.0. The average Bonchev–Trinajstić information content (AvgIpc) is 2.30. The number of hydrogen-bond acceptors (Lipinski definition) is 2. The smallest absolute Gasteiger partial charge is 0.0810 e. The van der Waals surface area contributed by atoms with Crippen LogP contribution >= 0.6 is 0 Å². The van der Waals surface area contributed by atoms with E-state index in [2.05, 4.69) is 19.2 Å². The Morgan fingerprint density at radius 3 is 2.86 bits per heavy atom. The van der Waals surface area contributed by atoms with Gasteiger partial charge in [-0.25, -0.2) is 0 Å². The molecule has 1 heterocycles. The molecule has 2 fully saturated rings. The molecule has 1 aliphatic carbocycles. The summed E-state index contributed by atoms with van der Waals surface area (Å²) in [4.78, 5) is 0. The molecular formula is C12H23NO. The van der Waals surface area contributed by atoms with Gasteiger partial charge in [-0.3, -0.25) is 0 Å². The molecule has 82 valence electrons. The molecule has 0 aromatic rings. The Kier molecular flexibility index (Phi) is 3.13. The van der Waals surface area contributed by atoms with Gasteiger partial charge in [0.1, 0.15) is 0 Å². The van der Waals surface area contributed by atoms with E-state index in [0.717, 1.165) is 19.0 Å². The average molecular weight is 197 g/mol. The Morgan fingerprint density at radius 2 is 2.07 bits per heavy atom. The maximum atomic E-state index is 6.18. The van der Waals surface area contributed by atoms with Gasteiger partial charge in [0, 0.05) is 13.1 Å². The molecule has 3 unspecified atom stereocenters. The molecule has 0 radical (unpaired) electrons. The first kappa shape index (κ1) is 10.4. The van der Waals surface area contributed by atoms with Crippen molar-refractivity contribution in [2.24, 2.45) is 5.92 Å². The van der Waals surface area contributed by atoms with Gasteiger partial charge in [-0.1, -0.05) is 19.8 Å². The molecular weight excluding hydrogens is 174 g/mol. The molecule has 0 aromatic heterocycles. The molecule has 2 nitrogen and oxygen atoms in total. The fourth-order valence-corrected chi connectivity index (χ4v) is 2.86. The minimum Gasteiger partial charge on any atom is -0.369 e. The SMILES string of the molecule is CC1CCCC2(CC1)CNCC(C)O2. The van der Waals surface area contributed by atoms with Crippen LogP contribution in [0, 0.1) is 5.92 Å². The van der Waals surface area contributed by atoms with E-state index in [1.807, 2.05) is 0 Å². The van der Waals surface area contributed by atoms with Gasteiger partial charge in [0.15, 0.2) is 0 Å². The summed E-state index contributed by atoms with van der Waals surface area (Å²) < 4.78 is 6.18. The summed E-state index contributed by atoms with van der Waals surface area (Å²) in [5.74, 6) is 0.898. The molecule has 2 rings (SSSR count). The van der Waals surface area contributed by atoms with E-state index in [-0.39, 0.29) is 5.60 Å². The maximum Gasteiger partial charge on any atom is 0.0810 e. The second-order valence-electron chi connectivity index (χ2n) is 5.28. The van der Waals surface area contributed by atoms with Crippen molar-refractivity contribution in [3.05, 3.63) is 0 Å². The van der Waals surface area contributed by atoms with Crippen LogP contribution in [0.15, 0.2) is 0 Å². The second kappa shape index (κ2) is 4.19. The standard InChI is InChI=1S/C12H23NO/c1-10-4-3-6-12(7-5-10)9-13-8-11(2)14-12/h10-11,13H,3-9H2,1-2H3. The van der Waals surface area contributed by atoms with Gasteiger partial charge < -0.3 is 10.1 Å². The lowest BCUT2D eigenvalue weighted by molar-refractivity contribution is -0.116. The van der Waals surface area contributed by atoms with E-state index in [4.69, 9.17) is 4.74 Å². The van der Waals surface area contributed by atoms with Crippen LogP contribution < -0.4 is 5.32 Å². The summed E-state index contributed by atoms with van der Waals surface area (Å²) in [5.41, 5.74) is 0.183. The van der Waals surface area contributed by atoms with E-state index >= 15 is 0 Å². The van der Waals surface area contributed by atoms with Crippen LogP contribution in [-0.2, 0) is 4.74 Å². The van der Waals surface area contributed by atoms with E-state index < -0.39 is 0 Å². The van der Waals surface area contributed by atoms with Crippen molar-refractivity contribution in [3.8, 4) is 0 Å². The fraction of sp³-hybridized carbons (Fsp3) is 1.00. The van der Waals surface area contributed by atoms with Crippen LogP contribution in [0.3, 0.4) is 0 Å². The largest absolute Gasteiger partial charge is 0.369 e. The lowest BCUT2D eigenvalue weighted by atomic mass is 9.92. The van der Waals surface area contributed by atoms with Crippen LogP contribution in [0.2, 0.25) is 0 Å². The van der Waals surface area contributed by atoms with Gasteiger partial charge in [-0.05, 0) is 32.1 Å². The minimum absolute atomic E-state index is 0.183. The molecule has 2 heteroatoms. The minimum atomic E-state index is 0.183. The predicted molar refractivity (Wildman–Crippen MR) is 58.4 cm³/mol. The first-order chi connectivity index (χ1) is 6.70. The number of ether oxygens (including phenoxy) is 1. The molecule has 0 aromatic carbocycles. The molecule has 1 saturated heterocycles. The zero-order valence-corrected chi connectivity index (χ0v) is 9.51. The van der Waals surface area contributed by atoms with Crippen LogP contribution in [-0.4, -0.2) is 24.8 Å². The number of hydrogen-bond donors (Lipinski definition) is 1. The van der Waals surface area contributed by atoms with Crippen molar-refractivity contribution in [2.45, 2.75) is 57.7 Å². The monoisotopic (exact) mass is 197 g/mol. The summed E-state index contributed by atoms with van der Waals surface area (Å²) in [6.07, 6.45) is 6.99. The van der Waals surface area contributed by atoms with Crippen LogP contribution in [0.1, 0.15) is 46.0 Å². The van der Waals surface area contributed by atoms with E-state index in [9.17, 15) is 0 Å². The Bertz CT molecular complexity index is 195. The molecule has 1 saturated carbocycles. The predicted octanol–water partition coefficient (Wildman–Crippen LogP) is 2.33. The topological polar surface area (TPSA) is 21.3 Å². The zero-order valence-electron chi connectivity index (χ0n) is 9.51. The van der Waals surface area contributed by atoms with Gasteiger partial charge in [-0.2, -0.15) is 0 Å². The molecule has 0 bridgehead atoms. The summed E-state index contributed by atoms with van der Waals surface area (Å²) in [5, 5.41) is 3.51. The van der Waals surface area contributed by atoms with Crippen LogP contribution in [0.4, 0.5) is 0 Å². The van der Waals surface area contributed by atoms with Gasteiger partial charge >= 0.3 is 0 Å². The first-order valence-electron chi connectivity index (χ1n) is 6.09. The molecule has 0 amide bonds. The van der Waals surface area contributed by atoms with Crippen LogP contribution in [0.5, 0.6) is 0 Å². The molecule has 1 aliphatic heterocycles. The van der Waals surface area contributed by atoms with Crippen molar-refractivity contribution in [2.75, 3.05) is 13.1 Å². The van der Waals surface area contributed by atoms with E-state index in [0.29, 0.717) is 6.10 Å². The molecule has 1 N–H and O–H groups in total. The van der Waals surface area contributed by atoms with Crippen molar-refractivity contribution < 1.29 is 4.74 Å². The van der Waals surface area contributed by atoms with Crippen LogP contribution in [0.25, 0.3) is 0 Å². The molecule has 14 heavy (non-hydrogen) atoms. The van der Waals surface area contributed by atoms with Crippen molar-refractivity contribution >= 4 is 0 Å². The van der Waals surface area contributed by atoms with E-state index in [1.54, 1.807) is 0 Å². The van der Waals surface area contributed by atoms with E-state index in [1.165, 1.54) is 32.1 Å². The van der Waals surface area contributed by atoms with Gasteiger partial charge in [0.2, 0.25) is 0 Å². The second-order valence-corrected chi connectivity index (χ2v) is 5.28. The van der Waals surface area contributed by atoms with Crippen molar-refractivity contribution in [1.29, 1.82) is 0 Å². The lowest BCUT2D eigenvalue weighted by Crippen LogP contribution is -2.52. The highest BCUT2D eigenvalue weighted by Crippen LogP contribution is 2.34. The highest BCUT2D eigenvalue weighted by Gasteiger charge is 2.36. The molecule has 2 aliphatic rings. The number of nitrogens with one attached hydrogen (secondary N) is 1. The summed E-state index contributed by atoms with van der Waals surface area (Å²) in [6.45, 7) is 6.66.